The van der Waals surface area contributed by atoms with E-state index in [1.54, 1.807) is 23.9 Å². The molecule has 0 fully saturated rings. The second kappa shape index (κ2) is 9.22. The van der Waals surface area contributed by atoms with Gasteiger partial charge >= 0.3 is 0 Å². The molecule has 0 aliphatic carbocycles. The number of benzene rings is 2. The number of unbranched alkanes of at least 4 members (excludes halogenated alkanes) is 2. The van der Waals surface area contributed by atoms with E-state index in [1.807, 2.05) is 42.5 Å². The Bertz CT molecular complexity index is 1100. The van der Waals surface area contributed by atoms with Crippen molar-refractivity contribution in [2.45, 2.75) is 32.4 Å². The number of ether oxygens (including phenoxy) is 1. The lowest BCUT2D eigenvalue weighted by molar-refractivity contribution is -0.116. The number of hydrogen-bond donors (Lipinski definition) is 1. The van der Waals surface area contributed by atoms with E-state index in [2.05, 4.69) is 28.2 Å². The van der Waals surface area contributed by atoms with Crippen LogP contribution in [0, 0.1) is 0 Å². The molecule has 4 rings (SSSR count). The second-order valence-electron chi connectivity index (χ2n) is 7.05. The highest BCUT2D eigenvalue weighted by atomic mass is 79.9. The molecule has 2 aliphatic rings. The second-order valence-corrected chi connectivity index (χ2v) is 9.04. The Morgan fingerprint density at radius 1 is 1.20 bits per heavy atom. The number of carbonyl (C=O) groups is 1. The topological polar surface area (TPSA) is 66.3 Å². The average molecular weight is 487 g/mol. The first-order valence-corrected chi connectivity index (χ1v) is 11.7. The monoisotopic (exact) mass is 486 g/mol. The van der Waals surface area contributed by atoms with Gasteiger partial charge in [-0.3, -0.25) is 15.1 Å². The molecule has 1 atom stereocenters. The predicted octanol–water partition coefficient (Wildman–Crippen LogP) is 3.52. The van der Waals surface area contributed by atoms with Crippen molar-refractivity contribution >= 4 is 44.5 Å². The Hall–Kier alpha value is -2.32. The molecule has 0 saturated heterocycles. The lowest BCUT2D eigenvalue weighted by atomic mass is 10.1. The van der Waals surface area contributed by atoms with E-state index in [0.717, 1.165) is 45.0 Å². The number of fused-ring (bicyclic) bond motifs is 2. The summed E-state index contributed by atoms with van der Waals surface area (Å²) in [4.78, 5) is 18.0. The van der Waals surface area contributed by atoms with Crippen molar-refractivity contribution < 1.29 is 9.53 Å². The van der Waals surface area contributed by atoms with Gasteiger partial charge in [0.25, 0.3) is 5.91 Å². The maximum Gasteiger partial charge on any atom is 0.276 e. The van der Waals surface area contributed by atoms with Crippen LogP contribution in [0.25, 0.3) is 5.70 Å². The van der Waals surface area contributed by atoms with E-state index in [0.29, 0.717) is 10.9 Å². The molecule has 0 spiro atoms. The van der Waals surface area contributed by atoms with Gasteiger partial charge in [0.05, 0.1) is 12.5 Å². The first kappa shape index (κ1) is 20.9. The number of methoxy groups -OCH3 is 1. The van der Waals surface area contributed by atoms with Crippen molar-refractivity contribution in [3.8, 4) is 5.75 Å². The van der Waals surface area contributed by atoms with Crippen LogP contribution in [0.1, 0.15) is 37.9 Å². The molecule has 1 N–H and O–H groups in total. The number of nitrogens with zero attached hydrogens (tertiary/aromatic N) is 3. The number of halogens is 1. The van der Waals surface area contributed by atoms with Gasteiger partial charge in [0, 0.05) is 15.4 Å². The van der Waals surface area contributed by atoms with E-state index in [9.17, 15) is 4.79 Å². The van der Waals surface area contributed by atoms with Crippen molar-refractivity contribution in [3.05, 3.63) is 63.1 Å². The quantitative estimate of drug-likeness (QED) is 0.634. The summed E-state index contributed by atoms with van der Waals surface area (Å²) >= 11 is 5.08. The SMILES string of the molecule is CCCCCSC1=NN2C(=c3cc(Br)ccc3=N[C@@H]2c2ccc(OC)cc2)C(=O)N1. The Balaban J connectivity index is 1.78. The van der Waals surface area contributed by atoms with Crippen molar-refractivity contribution in [1.29, 1.82) is 0 Å². The molecule has 0 unspecified atom stereocenters. The van der Waals surface area contributed by atoms with Crippen LogP contribution in [-0.4, -0.2) is 28.9 Å². The van der Waals surface area contributed by atoms with Crippen molar-refractivity contribution in [2.75, 3.05) is 12.9 Å². The fraction of sp³-hybridized carbons (Fsp3) is 0.318. The van der Waals surface area contributed by atoms with Crippen molar-refractivity contribution in [1.82, 2.24) is 10.3 Å². The highest BCUT2D eigenvalue weighted by molar-refractivity contribution is 9.10. The van der Waals surface area contributed by atoms with Gasteiger partial charge in [-0.1, -0.05) is 59.6 Å². The molecule has 30 heavy (non-hydrogen) atoms. The van der Waals surface area contributed by atoms with Crippen LogP contribution in [0.2, 0.25) is 0 Å². The van der Waals surface area contributed by atoms with Gasteiger partial charge in [-0.25, -0.2) is 5.01 Å². The first-order chi connectivity index (χ1) is 14.6. The Morgan fingerprint density at radius 3 is 2.73 bits per heavy atom. The summed E-state index contributed by atoms with van der Waals surface area (Å²) in [5.74, 6) is 1.54. The number of amidine groups is 1. The van der Waals surface area contributed by atoms with Crippen LogP contribution < -0.4 is 20.6 Å². The molecule has 8 heteroatoms. The molecular weight excluding hydrogens is 464 g/mol. The Kier molecular flexibility index (Phi) is 6.43. The van der Waals surface area contributed by atoms with Crippen LogP contribution in [-0.2, 0) is 4.79 Å². The summed E-state index contributed by atoms with van der Waals surface area (Å²) in [5.41, 5.74) is 1.45. The van der Waals surface area contributed by atoms with E-state index in [1.165, 1.54) is 6.42 Å². The summed E-state index contributed by atoms with van der Waals surface area (Å²) in [7, 11) is 1.64. The molecular formula is C22H23BrN4O2S. The number of amides is 1. The minimum absolute atomic E-state index is 0.157. The van der Waals surface area contributed by atoms with Crippen LogP contribution in [0.4, 0.5) is 0 Å². The van der Waals surface area contributed by atoms with E-state index in [-0.39, 0.29) is 5.91 Å². The third-order valence-electron chi connectivity index (χ3n) is 4.97. The summed E-state index contributed by atoms with van der Waals surface area (Å²) in [6.45, 7) is 2.18. The summed E-state index contributed by atoms with van der Waals surface area (Å²) in [6, 6.07) is 13.5. The molecule has 0 saturated carbocycles. The average Bonchev–Trinajstić information content (AvgIpc) is 2.76. The summed E-state index contributed by atoms with van der Waals surface area (Å²) in [6.07, 6.45) is 3.00. The van der Waals surface area contributed by atoms with Gasteiger partial charge in [0.1, 0.15) is 11.4 Å². The Morgan fingerprint density at radius 2 is 2.00 bits per heavy atom. The lowest BCUT2D eigenvalue weighted by Gasteiger charge is -2.34. The molecule has 1 amide bonds. The van der Waals surface area contributed by atoms with Gasteiger partial charge in [-0.2, -0.15) is 0 Å². The van der Waals surface area contributed by atoms with E-state index >= 15 is 0 Å². The van der Waals surface area contributed by atoms with E-state index < -0.39 is 6.17 Å². The normalized spacial score (nSPS) is 17.5. The highest BCUT2D eigenvalue weighted by Gasteiger charge is 2.34. The molecule has 2 aliphatic heterocycles. The minimum atomic E-state index is -0.420. The summed E-state index contributed by atoms with van der Waals surface area (Å²) < 4.78 is 6.17. The molecule has 156 valence electrons. The maximum absolute atomic E-state index is 13.1. The van der Waals surface area contributed by atoms with Gasteiger partial charge in [0.15, 0.2) is 11.3 Å². The molecule has 2 heterocycles. The first-order valence-electron chi connectivity index (χ1n) is 9.94. The molecule has 0 bridgehead atoms. The van der Waals surface area contributed by atoms with Crippen LogP contribution in [0.3, 0.4) is 0 Å². The third kappa shape index (κ3) is 4.25. The lowest BCUT2D eigenvalue weighted by Crippen LogP contribution is -2.50. The Labute approximate surface area is 188 Å². The smallest absolute Gasteiger partial charge is 0.276 e. The molecule has 6 nitrogen and oxygen atoms in total. The van der Waals surface area contributed by atoms with Crippen LogP contribution >= 0.6 is 27.7 Å². The fourth-order valence-corrected chi connectivity index (χ4v) is 4.64. The van der Waals surface area contributed by atoms with Gasteiger partial charge in [-0.15, -0.1) is 5.10 Å². The maximum atomic E-state index is 13.1. The zero-order valence-electron chi connectivity index (χ0n) is 16.9. The van der Waals surface area contributed by atoms with Gasteiger partial charge in [-0.05, 0) is 42.3 Å². The number of rotatable bonds is 6. The predicted molar refractivity (Wildman–Crippen MR) is 123 cm³/mol. The highest BCUT2D eigenvalue weighted by Crippen LogP contribution is 2.31. The van der Waals surface area contributed by atoms with Crippen LogP contribution in [0.5, 0.6) is 5.75 Å². The number of carbonyl (C=O) groups excluding carboxylic acids is 1. The number of hydrazone groups is 1. The van der Waals surface area contributed by atoms with Crippen LogP contribution in [0.15, 0.2) is 57.0 Å². The van der Waals surface area contributed by atoms with Crippen molar-refractivity contribution in [2.24, 2.45) is 10.1 Å². The third-order valence-corrected chi connectivity index (χ3v) is 6.41. The largest absolute Gasteiger partial charge is 0.497 e. The minimum Gasteiger partial charge on any atom is -0.497 e. The van der Waals surface area contributed by atoms with E-state index in [4.69, 9.17) is 14.8 Å². The zero-order chi connectivity index (χ0) is 21.1. The molecule has 0 radical (unpaired) electrons. The summed E-state index contributed by atoms with van der Waals surface area (Å²) in [5, 5.41) is 11.7. The van der Waals surface area contributed by atoms with Crippen molar-refractivity contribution in [3.63, 3.8) is 0 Å². The molecule has 2 aromatic carbocycles. The number of thioether (sulfide) groups is 1. The number of nitrogens with one attached hydrogen (secondary N) is 1. The number of hydrogen-bond acceptors (Lipinski definition) is 6. The zero-order valence-corrected chi connectivity index (χ0v) is 19.3. The molecule has 0 aromatic heterocycles. The molecule has 2 aromatic rings. The van der Waals surface area contributed by atoms with Gasteiger partial charge < -0.3 is 4.74 Å². The fourth-order valence-electron chi connectivity index (χ4n) is 3.43. The van der Waals surface area contributed by atoms with Gasteiger partial charge in [0.2, 0.25) is 0 Å². The standard InChI is InChI=1S/C22H23BrN4O2S/c1-3-4-5-12-30-22-25-21(28)19-17-13-15(23)8-11-18(17)24-20(27(19)26-22)14-6-9-16(29-2)10-7-14/h6-11,13,20H,3-5,12H2,1-2H3,(H,25,26,28)/t20-/m0/s1.